The second kappa shape index (κ2) is 9.73. The molecule has 0 aliphatic carbocycles. The van der Waals surface area contributed by atoms with Crippen molar-refractivity contribution in [3.63, 3.8) is 0 Å². The number of hydrogen-bond acceptors (Lipinski definition) is 5. The summed E-state index contributed by atoms with van der Waals surface area (Å²) in [7, 11) is 0. The van der Waals surface area contributed by atoms with Crippen molar-refractivity contribution in [3.8, 4) is 0 Å². The second-order valence-electron chi connectivity index (χ2n) is 8.12. The molecule has 1 aliphatic rings. The second-order valence-corrected chi connectivity index (χ2v) is 8.12. The van der Waals surface area contributed by atoms with Gasteiger partial charge in [0.25, 0.3) is 5.91 Å². The Morgan fingerprint density at radius 2 is 1.77 bits per heavy atom. The van der Waals surface area contributed by atoms with Crippen LogP contribution in [0.1, 0.15) is 62.6 Å². The Morgan fingerprint density at radius 1 is 1.13 bits per heavy atom. The molecule has 0 saturated heterocycles. The van der Waals surface area contributed by atoms with Crippen molar-refractivity contribution in [3.05, 3.63) is 65.0 Å². The van der Waals surface area contributed by atoms with E-state index in [4.69, 9.17) is 9.57 Å². The van der Waals surface area contributed by atoms with Gasteiger partial charge in [-0.3, -0.25) is 4.79 Å². The number of carbonyl (C=O) groups excluding carboxylic acids is 2. The van der Waals surface area contributed by atoms with Gasteiger partial charge in [0.1, 0.15) is 5.82 Å². The van der Waals surface area contributed by atoms with Crippen LogP contribution in [0.15, 0.2) is 47.6 Å². The number of rotatable bonds is 7. The fourth-order valence-electron chi connectivity index (χ4n) is 3.44. The Kier molecular flexibility index (Phi) is 7.05. The van der Waals surface area contributed by atoms with Gasteiger partial charge in [-0.15, -0.1) is 0 Å². The van der Waals surface area contributed by atoms with Gasteiger partial charge < -0.3 is 14.9 Å². The Bertz CT molecular complexity index is 975. The predicted molar refractivity (Wildman–Crippen MR) is 117 cm³/mol. The summed E-state index contributed by atoms with van der Waals surface area (Å²) >= 11 is 0. The van der Waals surface area contributed by atoms with Crippen molar-refractivity contribution in [2.45, 2.75) is 52.1 Å². The van der Waals surface area contributed by atoms with Gasteiger partial charge in [-0.1, -0.05) is 63.2 Å². The highest BCUT2D eigenvalue weighted by atomic mass is 19.1. The van der Waals surface area contributed by atoms with Gasteiger partial charge in [0.2, 0.25) is 6.10 Å². The molecule has 2 aromatic rings. The van der Waals surface area contributed by atoms with Crippen LogP contribution in [0.25, 0.3) is 0 Å². The van der Waals surface area contributed by atoms with Crippen LogP contribution in [0.3, 0.4) is 0 Å². The Labute approximate surface area is 181 Å². The number of amides is 1. The molecule has 1 aliphatic heterocycles. The minimum Gasteiger partial charge on any atom is -0.453 e. The topological polar surface area (TPSA) is 77.0 Å². The first-order valence-electron chi connectivity index (χ1n) is 10.3. The number of benzene rings is 2. The van der Waals surface area contributed by atoms with E-state index in [2.05, 4.69) is 38.2 Å². The third-order valence-corrected chi connectivity index (χ3v) is 5.07. The third kappa shape index (κ3) is 5.48. The summed E-state index contributed by atoms with van der Waals surface area (Å²) in [5.41, 5.74) is 3.82. The summed E-state index contributed by atoms with van der Waals surface area (Å²) in [5.74, 6) is -1.06. The van der Waals surface area contributed by atoms with E-state index in [1.807, 2.05) is 18.2 Å². The van der Waals surface area contributed by atoms with E-state index < -0.39 is 30.4 Å². The molecule has 1 N–H and O–H groups in total. The summed E-state index contributed by atoms with van der Waals surface area (Å²) in [6.45, 7) is 7.80. The van der Waals surface area contributed by atoms with Gasteiger partial charge >= 0.3 is 5.97 Å². The average Bonchev–Trinajstić information content (AvgIpc) is 3.22. The van der Waals surface area contributed by atoms with Crippen molar-refractivity contribution in [2.75, 3.05) is 11.9 Å². The van der Waals surface area contributed by atoms with Crippen molar-refractivity contribution < 1.29 is 23.6 Å². The van der Waals surface area contributed by atoms with Crippen LogP contribution in [-0.4, -0.2) is 30.3 Å². The first kappa shape index (κ1) is 22.5. The number of oxime groups is 1. The lowest BCUT2D eigenvalue weighted by molar-refractivity contribution is -0.157. The van der Waals surface area contributed by atoms with Crippen LogP contribution >= 0.6 is 0 Å². The molecule has 0 saturated carbocycles. The van der Waals surface area contributed by atoms with Crippen LogP contribution in [0.2, 0.25) is 0 Å². The predicted octanol–water partition coefficient (Wildman–Crippen LogP) is 4.75. The lowest BCUT2D eigenvalue weighted by atomic mass is 9.92. The van der Waals surface area contributed by atoms with Gasteiger partial charge in [-0.2, -0.15) is 0 Å². The first-order chi connectivity index (χ1) is 14.8. The van der Waals surface area contributed by atoms with Crippen LogP contribution in [0, 0.1) is 5.82 Å². The molecule has 1 atom stereocenters. The summed E-state index contributed by atoms with van der Waals surface area (Å²) in [4.78, 5) is 30.0. The van der Waals surface area contributed by atoms with E-state index in [1.165, 1.54) is 12.1 Å². The fraction of sp³-hybridized carbons (Fsp3) is 0.375. The summed E-state index contributed by atoms with van der Waals surface area (Å²) in [6.07, 6.45) is -0.808. The van der Waals surface area contributed by atoms with Crippen LogP contribution in [0.5, 0.6) is 0 Å². The summed E-state index contributed by atoms with van der Waals surface area (Å²) < 4.78 is 18.5. The number of nitrogens with zero attached hydrogens (tertiary/aromatic N) is 1. The number of para-hydroxylation sites is 1. The summed E-state index contributed by atoms with van der Waals surface area (Å²) in [6, 6.07) is 11.8. The lowest BCUT2D eigenvalue weighted by Crippen LogP contribution is -2.28. The number of ether oxygens (including phenoxy) is 1. The van der Waals surface area contributed by atoms with E-state index >= 15 is 0 Å². The molecular formula is C24H27FN2O4. The highest BCUT2D eigenvalue weighted by Crippen LogP contribution is 2.32. The number of nitrogens with one attached hydrogen (secondary N) is 1. The van der Waals surface area contributed by atoms with E-state index in [9.17, 15) is 14.0 Å². The zero-order valence-electron chi connectivity index (χ0n) is 18.1. The molecule has 3 rings (SSSR count). The molecule has 164 valence electrons. The molecule has 31 heavy (non-hydrogen) atoms. The number of halogens is 1. The smallest absolute Gasteiger partial charge is 0.351 e. The van der Waals surface area contributed by atoms with E-state index in [0.29, 0.717) is 11.3 Å². The van der Waals surface area contributed by atoms with Gasteiger partial charge in [0.05, 0.1) is 5.71 Å². The molecule has 7 heteroatoms. The minimum atomic E-state index is -0.958. The van der Waals surface area contributed by atoms with E-state index in [0.717, 1.165) is 16.8 Å². The summed E-state index contributed by atoms with van der Waals surface area (Å²) in [5, 5.41) is 6.76. The molecule has 0 aromatic heterocycles. The molecule has 6 nitrogen and oxygen atoms in total. The van der Waals surface area contributed by atoms with Crippen molar-refractivity contribution >= 4 is 23.3 Å². The quantitative estimate of drug-likeness (QED) is 0.649. The highest BCUT2D eigenvalue weighted by Gasteiger charge is 2.31. The zero-order valence-corrected chi connectivity index (χ0v) is 18.1. The van der Waals surface area contributed by atoms with E-state index in [-0.39, 0.29) is 18.3 Å². The molecule has 2 aromatic carbocycles. The average molecular weight is 426 g/mol. The SMILES string of the molecule is CC(C)c1cccc(C(C)C)c1NC(=O)COC(=O)C1CC(c2cccc(F)c2)=NO1. The Hall–Kier alpha value is -3.22. The molecule has 0 spiro atoms. The number of anilines is 1. The minimum absolute atomic E-state index is 0.150. The molecule has 1 heterocycles. The van der Waals surface area contributed by atoms with Crippen molar-refractivity contribution in [2.24, 2.45) is 5.16 Å². The van der Waals surface area contributed by atoms with Gasteiger partial charge in [0, 0.05) is 17.7 Å². The number of hydrogen-bond donors (Lipinski definition) is 1. The molecule has 1 unspecified atom stereocenters. The fourth-order valence-corrected chi connectivity index (χ4v) is 3.44. The third-order valence-electron chi connectivity index (χ3n) is 5.07. The molecule has 0 bridgehead atoms. The van der Waals surface area contributed by atoms with Crippen LogP contribution in [-0.2, 0) is 19.2 Å². The maximum Gasteiger partial charge on any atom is 0.351 e. The molecule has 1 amide bonds. The molecular weight excluding hydrogens is 399 g/mol. The monoisotopic (exact) mass is 426 g/mol. The van der Waals surface area contributed by atoms with Gasteiger partial charge in [0.15, 0.2) is 6.61 Å². The number of esters is 1. The maximum atomic E-state index is 13.4. The van der Waals surface area contributed by atoms with Crippen molar-refractivity contribution in [1.29, 1.82) is 0 Å². The number of carbonyl (C=O) groups is 2. The lowest BCUT2D eigenvalue weighted by Gasteiger charge is -2.20. The Morgan fingerprint density at radius 3 is 2.39 bits per heavy atom. The van der Waals surface area contributed by atoms with Gasteiger partial charge in [-0.25, -0.2) is 9.18 Å². The largest absolute Gasteiger partial charge is 0.453 e. The molecule has 0 fully saturated rings. The standard InChI is InChI=1S/C24H27FN2O4/c1-14(2)18-9-6-10-19(15(3)4)23(18)26-22(28)13-30-24(29)21-12-20(27-31-21)16-7-5-8-17(25)11-16/h5-11,14-15,21H,12-13H2,1-4H3,(H,26,28). The maximum absolute atomic E-state index is 13.4. The zero-order chi connectivity index (χ0) is 22.5. The highest BCUT2D eigenvalue weighted by molar-refractivity contribution is 6.03. The van der Waals surface area contributed by atoms with Crippen LogP contribution < -0.4 is 5.32 Å². The van der Waals surface area contributed by atoms with Crippen LogP contribution in [0.4, 0.5) is 10.1 Å². The van der Waals surface area contributed by atoms with Gasteiger partial charge in [-0.05, 0) is 35.1 Å². The normalized spacial score (nSPS) is 15.6. The first-order valence-corrected chi connectivity index (χ1v) is 10.3. The molecule has 0 radical (unpaired) electrons. The Balaban J connectivity index is 1.58. The van der Waals surface area contributed by atoms with E-state index in [1.54, 1.807) is 12.1 Å². The van der Waals surface area contributed by atoms with Crippen molar-refractivity contribution in [1.82, 2.24) is 0 Å².